The molecular formula is C30H36N4O2S. The van der Waals surface area contributed by atoms with Crippen molar-refractivity contribution in [3.8, 4) is 11.1 Å². The molecule has 194 valence electrons. The lowest BCUT2D eigenvalue weighted by atomic mass is 9.95. The van der Waals surface area contributed by atoms with Crippen LogP contribution in [0.2, 0.25) is 0 Å². The first-order chi connectivity index (χ1) is 17.9. The Balaban J connectivity index is 1.73. The number of aliphatic imine (C=N–C) groups is 1. The number of aromatic nitrogens is 1. The van der Waals surface area contributed by atoms with Crippen molar-refractivity contribution in [1.82, 2.24) is 9.47 Å². The number of hydrogen-bond acceptors (Lipinski definition) is 5. The highest BCUT2D eigenvalue weighted by Crippen LogP contribution is 2.35. The van der Waals surface area contributed by atoms with Gasteiger partial charge in [-0.15, -0.1) is 0 Å². The number of fused-ring (bicyclic) bond motifs is 2. The van der Waals surface area contributed by atoms with Crippen LogP contribution < -0.4 is 11.3 Å². The number of benzene rings is 2. The van der Waals surface area contributed by atoms with E-state index in [-0.39, 0.29) is 11.5 Å². The van der Waals surface area contributed by atoms with E-state index in [9.17, 15) is 9.59 Å². The molecule has 2 aromatic carbocycles. The average molecular weight is 517 g/mol. The Morgan fingerprint density at radius 3 is 2.57 bits per heavy atom. The minimum absolute atomic E-state index is 0.0379. The van der Waals surface area contributed by atoms with E-state index in [4.69, 9.17) is 10.7 Å². The minimum Gasteiger partial charge on any atom is -0.387 e. The van der Waals surface area contributed by atoms with Gasteiger partial charge in [-0.25, -0.2) is 4.99 Å². The largest absolute Gasteiger partial charge is 0.387 e. The predicted octanol–water partition coefficient (Wildman–Crippen LogP) is 5.76. The Labute approximate surface area is 223 Å². The molecule has 1 amide bonds. The number of carbonyl (C=O) groups excluding carboxylic acids is 1. The predicted molar refractivity (Wildman–Crippen MR) is 158 cm³/mol. The van der Waals surface area contributed by atoms with Crippen LogP contribution in [0, 0.1) is 6.92 Å². The van der Waals surface area contributed by atoms with E-state index >= 15 is 0 Å². The third-order valence-electron chi connectivity index (χ3n) is 6.71. The number of thioether (sulfide) groups is 1. The van der Waals surface area contributed by atoms with Crippen molar-refractivity contribution in [2.75, 3.05) is 25.1 Å². The van der Waals surface area contributed by atoms with Crippen molar-refractivity contribution in [2.45, 2.75) is 46.6 Å². The summed E-state index contributed by atoms with van der Waals surface area (Å²) in [5, 5.41) is 1.63. The summed E-state index contributed by atoms with van der Waals surface area (Å²) in [4.78, 5) is 32.9. The van der Waals surface area contributed by atoms with Gasteiger partial charge in [-0.05, 0) is 78.4 Å². The van der Waals surface area contributed by atoms with Crippen LogP contribution >= 0.6 is 11.8 Å². The number of amidine groups is 1. The molecule has 1 aliphatic heterocycles. The number of aryl methyl sites for hydroxylation is 2. The molecule has 0 radical (unpaired) electrons. The van der Waals surface area contributed by atoms with Gasteiger partial charge < -0.3 is 15.2 Å². The van der Waals surface area contributed by atoms with E-state index < -0.39 is 0 Å². The number of nitrogens with zero attached hydrogens (tertiary/aromatic N) is 3. The Morgan fingerprint density at radius 1 is 1.11 bits per heavy atom. The standard InChI is InChI=1S/C30H36N4O2S/c1-5-10-33(11-6-2)29(35)24-17-26-20(3)15-23(18-27(26)32-28(31)19-24)21-7-8-25-22(16-21)9-12-34(30(25)36)13-14-37-4/h7-9,12,15-18H,5-6,10-11,13-14,19H2,1-4H3,(H2,31,32). The number of carbonyl (C=O) groups is 1. The molecule has 0 fully saturated rings. The second kappa shape index (κ2) is 11.8. The lowest BCUT2D eigenvalue weighted by Gasteiger charge is -2.22. The summed E-state index contributed by atoms with van der Waals surface area (Å²) in [6.07, 6.45) is 8.06. The van der Waals surface area contributed by atoms with Gasteiger partial charge in [0.1, 0.15) is 5.84 Å². The summed E-state index contributed by atoms with van der Waals surface area (Å²) >= 11 is 1.73. The number of nitrogens with two attached hydrogens (primary N) is 1. The summed E-state index contributed by atoms with van der Waals surface area (Å²) in [6, 6.07) is 12.1. The Hall–Kier alpha value is -3.32. The molecule has 1 aliphatic rings. The van der Waals surface area contributed by atoms with Gasteiger partial charge in [0.05, 0.1) is 5.69 Å². The average Bonchev–Trinajstić information content (AvgIpc) is 3.06. The van der Waals surface area contributed by atoms with E-state index in [0.29, 0.717) is 24.4 Å². The first-order valence-electron chi connectivity index (χ1n) is 13.0. The molecule has 37 heavy (non-hydrogen) atoms. The Kier molecular flexibility index (Phi) is 8.54. The number of rotatable bonds is 9. The summed E-state index contributed by atoms with van der Waals surface area (Å²) in [7, 11) is 0. The summed E-state index contributed by atoms with van der Waals surface area (Å²) in [5.74, 6) is 1.38. The molecule has 0 spiro atoms. The molecule has 0 unspecified atom stereocenters. The van der Waals surface area contributed by atoms with Gasteiger partial charge in [-0.2, -0.15) is 11.8 Å². The van der Waals surface area contributed by atoms with Gasteiger partial charge in [0.25, 0.3) is 5.56 Å². The first kappa shape index (κ1) is 26.7. The van der Waals surface area contributed by atoms with Crippen LogP contribution in [-0.2, 0) is 11.3 Å². The molecule has 1 aromatic heterocycles. The summed E-state index contributed by atoms with van der Waals surface area (Å²) in [6.45, 7) is 8.38. The lowest BCUT2D eigenvalue weighted by molar-refractivity contribution is -0.127. The molecule has 0 atom stereocenters. The van der Waals surface area contributed by atoms with Gasteiger partial charge >= 0.3 is 0 Å². The summed E-state index contributed by atoms with van der Waals surface area (Å²) in [5.41, 5.74) is 11.8. The molecule has 2 heterocycles. The third-order valence-corrected chi connectivity index (χ3v) is 7.31. The quantitative estimate of drug-likeness (QED) is 0.392. The highest BCUT2D eigenvalue weighted by atomic mass is 32.2. The number of hydrogen-bond donors (Lipinski definition) is 1. The van der Waals surface area contributed by atoms with E-state index in [1.165, 1.54) is 0 Å². The fourth-order valence-corrected chi connectivity index (χ4v) is 5.25. The van der Waals surface area contributed by atoms with Crippen LogP contribution in [-0.4, -0.2) is 46.3 Å². The highest BCUT2D eigenvalue weighted by molar-refractivity contribution is 7.98. The molecule has 3 aromatic rings. The summed E-state index contributed by atoms with van der Waals surface area (Å²) < 4.78 is 1.77. The van der Waals surface area contributed by atoms with Crippen molar-refractivity contribution >= 4 is 46.0 Å². The fraction of sp³-hybridized carbons (Fsp3) is 0.367. The van der Waals surface area contributed by atoms with Crippen LogP contribution in [0.3, 0.4) is 0 Å². The van der Waals surface area contributed by atoms with E-state index in [1.807, 2.05) is 54.6 Å². The van der Waals surface area contributed by atoms with Gasteiger partial charge in [0.15, 0.2) is 0 Å². The molecule has 0 saturated heterocycles. The zero-order chi connectivity index (χ0) is 26.5. The second-order valence-corrected chi connectivity index (χ2v) is 10.6. The SMILES string of the molecule is CCCN(CCC)C(=O)C1=Cc2c(C)cc(-c3ccc4c(=O)n(CCSC)ccc4c3)cc2N=C(N)C1. The maximum absolute atomic E-state index is 13.3. The molecular weight excluding hydrogens is 480 g/mol. The molecule has 6 nitrogen and oxygen atoms in total. The fourth-order valence-electron chi connectivity index (χ4n) is 4.87. The van der Waals surface area contributed by atoms with Crippen LogP contribution in [0.4, 0.5) is 5.69 Å². The highest BCUT2D eigenvalue weighted by Gasteiger charge is 2.22. The lowest BCUT2D eigenvalue weighted by Crippen LogP contribution is -2.34. The van der Waals surface area contributed by atoms with Crippen molar-refractivity contribution in [2.24, 2.45) is 10.7 Å². The second-order valence-electron chi connectivity index (χ2n) is 9.58. The number of pyridine rings is 1. The maximum Gasteiger partial charge on any atom is 0.258 e. The van der Waals surface area contributed by atoms with Crippen LogP contribution in [0.25, 0.3) is 28.0 Å². The minimum atomic E-state index is 0.0379. The molecule has 0 aliphatic carbocycles. The third kappa shape index (κ3) is 5.82. The molecule has 2 N–H and O–H groups in total. The van der Waals surface area contributed by atoms with Crippen molar-refractivity contribution in [3.63, 3.8) is 0 Å². The smallest absolute Gasteiger partial charge is 0.258 e. The molecule has 0 bridgehead atoms. The Bertz CT molecular complexity index is 1430. The first-order valence-corrected chi connectivity index (χ1v) is 14.4. The maximum atomic E-state index is 13.3. The van der Waals surface area contributed by atoms with Gasteiger partial charge in [-0.1, -0.05) is 26.0 Å². The van der Waals surface area contributed by atoms with Gasteiger partial charge in [0.2, 0.25) is 5.91 Å². The molecule has 0 saturated carbocycles. The topological polar surface area (TPSA) is 80.7 Å². The van der Waals surface area contributed by atoms with Gasteiger partial charge in [-0.3, -0.25) is 9.59 Å². The van der Waals surface area contributed by atoms with E-state index in [2.05, 4.69) is 26.0 Å². The van der Waals surface area contributed by atoms with Crippen molar-refractivity contribution in [3.05, 3.63) is 69.6 Å². The van der Waals surface area contributed by atoms with Crippen LogP contribution in [0.5, 0.6) is 0 Å². The number of amides is 1. The van der Waals surface area contributed by atoms with Crippen molar-refractivity contribution in [1.29, 1.82) is 0 Å². The normalized spacial score (nSPS) is 13.1. The van der Waals surface area contributed by atoms with Crippen molar-refractivity contribution < 1.29 is 4.79 Å². The van der Waals surface area contributed by atoms with Crippen LogP contribution in [0.15, 0.2) is 58.0 Å². The molecule has 7 heteroatoms. The zero-order valence-corrected chi connectivity index (χ0v) is 23.0. The van der Waals surface area contributed by atoms with Crippen LogP contribution in [0.1, 0.15) is 44.2 Å². The molecule has 4 rings (SSSR count). The zero-order valence-electron chi connectivity index (χ0n) is 22.2. The van der Waals surface area contributed by atoms with E-state index in [0.717, 1.165) is 70.4 Å². The van der Waals surface area contributed by atoms with Gasteiger partial charge in [0, 0.05) is 54.5 Å². The monoisotopic (exact) mass is 516 g/mol. The van der Waals surface area contributed by atoms with E-state index in [1.54, 1.807) is 16.3 Å². The Morgan fingerprint density at radius 2 is 1.86 bits per heavy atom.